The van der Waals surface area contributed by atoms with E-state index in [2.05, 4.69) is 0 Å². The minimum absolute atomic E-state index is 0.155. The van der Waals surface area contributed by atoms with Crippen molar-refractivity contribution >= 4 is 16.0 Å². The van der Waals surface area contributed by atoms with Crippen LogP contribution in [0.2, 0.25) is 0 Å². The van der Waals surface area contributed by atoms with E-state index in [1.807, 2.05) is 0 Å². The first kappa shape index (κ1) is 21.5. The number of hydrogen-bond acceptors (Lipinski definition) is 4. The van der Waals surface area contributed by atoms with E-state index < -0.39 is 37.9 Å². The van der Waals surface area contributed by atoms with Crippen LogP contribution in [-0.4, -0.2) is 42.2 Å². The Balaban J connectivity index is 0.000000596. The smallest absolute Gasteiger partial charge is 0.450 e. The Morgan fingerprint density at radius 1 is 1.04 bits per heavy atom. The summed E-state index contributed by atoms with van der Waals surface area (Å²) >= 11 is 0. The second kappa shape index (κ2) is 8.47. The maximum absolute atomic E-state index is 13.1. The summed E-state index contributed by atoms with van der Waals surface area (Å²) in [6.45, 7) is 0. The van der Waals surface area contributed by atoms with Crippen LogP contribution in [0.25, 0.3) is 0 Å². The molecule has 0 bridgehead atoms. The fourth-order valence-electron chi connectivity index (χ4n) is 3.21. The number of hydrogen-bond donors (Lipinski definition) is 2. The average molecular weight is 410 g/mol. The van der Waals surface area contributed by atoms with Crippen LogP contribution in [0, 0.1) is 0 Å². The number of ether oxygens (including phenoxy) is 1. The van der Waals surface area contributed by atoms with Gasteiger partial charge in [0.2, 0.25) is 0 Å². The third-order valence-corrected chi connectivity index (χ3v) is 6.99. The molecule has 0 aromatic heterocycles. The fourth-order valence-corrected chi connectivity index (χ4v) is 5.25. The first-order valence-electron chi connectivity index (χ1n) is 8.49. The Morgan fingerprint density at radius 3 is 2.15 bits per heavy atom. The van der Waals surface area contributed by atoms with Crippen LogP contribution < -0.4 is 0 Å². The third kappa shape index (κ3) is 5.58. The fraction of sp³-hybridized carbons (Fsp3) is 0.588. The molecule has 2 fully saturated rings. The van der Waals surface area contributed by atoms with Crippen molar-refractivity contribution in [2.45, 2.75) is 67.1 Å². The number of alkyl halides is 3. The highest BCUT2D eigenvalue weighted by Crippen LogP contribution is 2.39. The number of carboxylic acid groups (broad SMARTS) is 2. The van der Waals surface area contributed by atoms with Crippen molar-refractivity contribution in [3.05, 3.63) is 29.8 Å². The molecule has 10 heteroatoms. The minimum atomic E-state index is -4.68. The van der Waals surface area contributed by atoms with E-state index in [-0.39, 0.29) is 18.6 Å². The van der Waals surface area contributed by atoms with Crippen LogP contribution in [0.4, 0.5) is 18.0 Å². The number of halogens is 3. The summed E-state index contributed by atoms with van der Waals surface area (Å²) in [5, 5.41) is 13.1. The zero-order valence-corrected chi connectivity index (χ0v) is 15.2. The van der Waals surface area contributed by atoms with Gasteiger partial charge in [-0.2, -0.15) is 13.2 Å². The average Bonchev–Trinajstić information content (AvgIpc) is 2.99. The van der Waals surface area contributed by atoms with Gasteiger partial charge in [-0.25, -0.2) is 13.2 Å². The first-order valence-corrected chi connectivity index (χ1v) is 10.0. The van der Waals surface area contributed by atoms with Gasteiger partial charge in [0.1, 0.15) is 0 Å². The topological polar surface area (TPSA) is 101 Å². The molecule has 27 heavy (non-hydrogen) atoms. The van der Waals surface area contributed by atoms with Crippen LogP contribution in [0.15, 0.2) is 29.2 Å². The van der Waals surface area contributed by atoms with E-state index in [1.165, 1.54) is 12.1 Å². The highest BCUT2D eigenvalue weighted by molar-refractivity contribution is 7.92. The molecule has 0 spiro atoms. The quantitative estimate of drug-likeness (QED) is 0.772. The van der Waals surface area contributed by atoms with Gasteiger partial charge in [0.05, 0.1) is 27.9 Å². The van der Waals surface area contributed by atoms with E-state index in [4.69, 9.17) is 19.7 Å². The molecular weight excluding hydrogens is 389 g/mol. The molecule has 2 aliphatic carbocycles. The van der Waals surface area contributed by atoms with Crippen molar-refractivity contribution in [2.24, 2.45) is 0 Å². The lowest BCUT2D eigenvalue weighted by Gasteiger charge is -2.28. The number of rotatable bonds is 4. The van der Waals surface area contributed by atoms with Crippen molar-refractivity contribution < 1.29 is 41.3 Å². The molecular formula is C17H21F3O6S. The maximum atomic E-state index is 13.1. The first-order chi connectivity index (χ1) is 12.5. The highest BCUT2D eigenvalue weighted by Gasteiger charge is 2.42. The summed E-state index contributed by atoms with van der Waals surface area (Å²) in [6.07, 6.45) is -2.13. The predicted octanol–water partition coefficient (Wildman–Crippen LogP) is 4.19. The van der Waals surface area contributed by atoms with Crippen molar-refractivity contribution in [3.63, 3.8) is 0 Å². The molecule has 1 aromatic rings. The van der Waals surface area contributed by atoms with Crippen LogP contribution in [-0.2, 0) is 20.8 Å². The number of carbonyl (C=O) groups is 1. The molecule has 0 unspecified atom stereocenters. The molecule has 0 radical (unpaired) electrons. The zero-order valence-electron chi connectivity index (χ0n) is 14.4. The van der Waals surface area contributed by atoms with Crippen LogP contribution in [0.3, 0.4) is 0 Å². The number of sulfone groups is 1. The maximum Gasteiger partial charge on any atom is 0.503 e. The molecule has 0 heterocycles. The third-order valence-electron chi connectivity index (χ3n) is 4.71. The molecule has 0 saturated heterocycles. The van der Waals surface area contributed by atoms with Gasteiger partial charge in [0.15, 0.2) is 9.84 Å². The van der Waals surface area contributed by atoms with E-state index in [9.17, 15) is 21.6 Å². The van der Waals surface area contributed by atoms with E-state index in [1.54, 1.807) is 0 Å². The predicted molar refractivity (Wildman–Crippen MR) is 89.4 cm³/mol. The number of benzene rings is 1. The standard InChI is InChI=1S/C16H19F3O3S.CH2O3/c17-16(18,19)14-6-1-2-7-15(14)23(20,21)13-9-8-12(10-13)22-11-4-3-5-11;2-1(3)4/h1-2,6-7,11-13H,3-5,8-10H2;(H2,2,3,4)/t12-,13-;/m0./s1. The van der Waals surface area contributed by atoms with Crippen LogP contribution in [0.5, 0.6) is 0 Å². The van der Waals surface area contributed by atoms with Gasteiger partial charge in [-0.05, 0) is 50.7 Å². The van der Waals surface area contributed by atoms with Gasteiger partial charge in [-0.15, -0.1) is 0 Å². The summed E-state index contributed by atoms with van der Waals surface area (Å²) in [4.78, 5) is 7.95. The lowest BCUT2D eigenvalue weighted by Crippen LogP contribution is -2.28. The van der Waals surface area contributed by atoms with Crippen LogP contribution in [0.1, 0.15) is 44.1 Å². The summed E-state index contributed by atoms with van der Waals surface area (Å²) < 4.78 is 70.4. The Morgan fingerprint density at radius 2 is 1.63 bits per heavy atom. The lowest BCUT2D eigenvalue weighted by atomic mass is 9.96. The molecule has 0 aliphatic heterocycles. The highest BCUT2D eigenvalue weighted by atomic mass is 32.2. The Labute approximate surface area is 154 Å². The van der Waals surface area contributed by atoms with Gasteiger partial charge in [0.25, 0.3) is 0 Å². The Kier molecular flexibility index (Phi) is 6.74. The molecule has 0 amide bonds. The zero-order chi connectivity index (χ0) is 20.2. The van der Waals surface area contributed by atoms with E-state index in [0.717, 1.165) is 31.4 Å². The molecule has 2 atom stereocenters. The van der Waals surface area contributed by atoms with Gasteiger partial charge in [0, 0.05) is 0 Å². The van der Waals surface area contributed by atoms with Crippen molar-refractivity contribution in [1.29, 1.82) is 0 Å². The summed E-state index contributed by atoms with van der Waals surface area (Å²) in [6, 6.07) is 4.42. The summed E-state index contributed by atoms with van der Waals surface area (Å²) in [5.74, 6) is 0. The molecule has 2 N–H and O–H groups in total. The second-order valence-corrected chi connectivity index (χ2v) is 8.76. The van der Waals surface area contributed by atoms with Crippen LogP contribution >= 0.6 is 0 Å². The molecule has 2 aliphatic rings. The molecule has 1 aromatic carbocycles. The Bertz CT molecular complexity index is 754. The molecule has 2 saturated carbocycles. The van der Waals surface area contributed by atoms with Gasteiger partial charge in [-0.3, -0.25) is 0 Å². The normalized spacial score (nSPS) is 23.2. The Hall–Kier alpha value is -1.81. The van der Waals surface area contributed by atoms with E-state index in [0.29, 0.717) is 12.8 Å². The molecule has 6 nitrogen and oxygen atoms in total. The van der Waals surface area contributed by atoms with Gasteiger partial charge < -0.3 is 14.9 Å². The van der Waals surface area contributed by atoms with Gasteiger partial charge >= 0.3 is 12.3 Å². The largest absolute Gasteiger partial charge is 0.503 e. The monoisotopic (exact) mass is 410 g/mol. The summed E-state index contributed by atoms with van der Waals surface area (Å²) in [5.41, 5.74) is -1.08. The van der Waals surface area contributed by atoms with Crippen molar-refractivity contribution in [3.8, 4) is 0 Å². The van der Waals surface area contributed by atoms with Gasteiger partial charge in [-0.1, -0.05) is 12.1 Å². The minimum Gasteiger partial charge on any atom is -0.450 e. The lowest BCUT2D eigenvalue weighted by molar-refractivity contribution is -0.139. The molecule has 152 valence electrons. The van der Waals surface area contributed by atoms with E-state index >= 15 is 0 Å². The molecule has 3 rings (SSSR count). The van der Waals surface area contributed by atoms with Crippen molar-refractivity contribution in [1.82, 2.24) is 0 Å². The summed E-state index contributed by atoms with van der Waals surface area (Å²) in [7, 11) is -4.01. The van der Waals surface area contributed by atoms with Crippen molar-refractivity contribution in [2.75, 3.05) is 0 Å². The SMILES string of the molecule is O=C(O)O.O=S(=O)(c1ccccc1C(F)(F)F)[C@H]1CC[C@H](OC2CCC2)C1. The second-order valence-electron chi connectivity index (χ2n) is 6.57.